The standard InChI is InChI=1S/C16H29N3O2/c1-19(2)10-6-9-17-15(20)13-11-14(13)16(21)18-12-7-4-3-5-8-12/h12-14H,3-11H2,1-2H3,(H,17,20)(H,18,21). The van der Waals surface area contributed by atoms with Crippen LogP contribution in [0.1, 0.15) is 44.9 Å². The molecule has 0 spiro atoms. The molecule has 2 aliphatic rings. The summed E-state index contributed by atoms with van der Waals surface area (Å²) in [6, 6.07) is 0.343. The molecule has 120 valence electrons. The Bertz CT molecular complexity index is 365. The van der Waals surface area contributed by atoms with Crippen molar-refractivity contribution in [3.63, 3.8) is 0 Å². The highest BCUT2D eigenvalue weighted by atomic mass is 16.2. The Balaban J connectivity index is 1.61. The van der Waals surface area contributed by atoms with Gasteiger partial charge in [-0.2, -0.15) is 0 Å². The molecule has 2 unspecified atom stereocenters. The summed E-state index contributed by atoms with van der Waals surface area (Å²) in [6.07, 6.45) is 7.58. The first kappa shape index (κ1) is 16.3. The van der Waals surface area contributed by atoms with E-state index >= 15 is 0 Å². The lowest BCUT2D eigenvalue weighted by Crippen LogP contribution is -2.38. The van der Waals surface area contributed by atoms with Crippen molar-refractivity contribution in [3.8, 4) is 0 Å². The van der Waals surface area contributed by atoms with Crippen molar-refractivity contribution in [1.29, 1.82) is 0 Å². The molecule has 0 bridgehead atoms. The topological polar surface area (TPSA) is 61.4 Å². The van der Waals surface area contributed by atoms with E-state index < -0.39 is 0 Å². The molecule has 2 aliphatic carbocycles. The smallest absolute Gasteiger partial charge is 0.224 e. The van der Waals surface area contributed by atoms with Crippen LogP contribution in [0.25, 0.3) is 0 Å². The number of hydrogen-bond acceptors (Lipinski definition) is 3. The van der Waals surface area contributed by atoms with Gasteiger partial charge in [-0.3, -0.25) is 9.59 Å². The number of nitrogens with zero attached hydrogens (tertiary/aromatic N) is 1. The van der Waals surface area contributed by atoms with Crippen LogP contribution in [-0.2, 0) is 9.59 Å². The number of amides is 2. The first-order valence-electron chi connectivity index (χ1n) is 8.30. The van der Waals surface area contributed by atoms with Gasteiger partial charge in [0.1, 0.15) is 0 Å². The molecular formula is C16H29N3O2. The molecule has 21 heavy (non-hydrogen) atoms. The first-order valence-corrected chi connectivity index (χ1v) is 8.30. The van der Waals surface area contributed by atoms with E-state index in [-0.39, 0.29) is 23.7 Å². The number of nitrogens with one attached hydrogen (secondary N) is 2. The lowest BCUT2D eigenvalue weighted by atomic mass is 9.95. The van der Waals surface area contributed by atoms with Gasteiger partial charge in [-0.1, -0.05) is 19.3 Å². The molecule has 0 radical (unpaired) electrons. The molecule has 5 heteroatoms. The van der Waals surface area contributed by atoms with Crippen molar-refractivity contribution in [2.24, 2.45) is 11.8 Å². The quantitative estimate of drug-likeness (QED) is 0.692. The second-order valence-electron chi connectivity index (χ2n) is 6.74. The highest BCUT2D eigenvalue weighted by Crippen LogP contribution is 2.39. The van der Waals surface area contributed by atoms with Crippen LogP contribution in [-0.4, -0.2) is 49.9 Å². The predicted octanol–water partition coefficient (Wildman–Crippen LogP) is 1.14. The van der Waals surface area contributed by atoms with Crippen LogP contribution >= 0.6 is 0 Å². The van der Waals surface area contributed by atoms with E-state index in [0.29, 0.717) is 12.6 Å². The Morgan fingerprint density at radius 3 is 2.38 bits per heavy atom. The maximum Gasteiger partial charge on any atom is 0.224 e. The predicted molar refractivity (Wildman–Crippen MR) is 82.8 cm³/mol. The molecule has 2 N–H and O–H groups in total. The maximum absolute atomic E-state index is 12.1. The summed E-state index contributed by atoms with van der Waals surface area (Å²) < 4.78 is 0. The molecule has 2 fully saturated rings. The second-order valence-corrected chi connectivity index (χ2v) is 6.74. The van der Waals surface area contributed by atoms with Crippen LogP contribution < -0.4 is 10.6 Å². The molecule has 2 rings (SSSR count). The van der Waals surface area contributed by atoms with E-state index in [1.54, 1.807) is 0 Å². The van der Waals surface area contributed by atoms with E-state index in [2.05, 4.69) is 15.5 Å². The summed E-state index contributed by atoms with van der Waals surface area (Å²) in [6.45, 7) is 1.67. The number of rotatable bonds is 7. The molecule has 0 aromatic carbocycles. The van der Waals surface area contributed by atoms with Gasteiger partial charge in [0.05, 0.1) is 11.8 Å². The highest BCUT2D eigenvalue weighted by Gasteiger charge is 2.48. The molecule has 2 saturated carbocycles. The Morgan fingerprint density at radius 1 is 1.05 bits per heavy atom. The van der Waals surface area contributed by atoms with Crippen LogP contribution in [0.4, 0.5) is 0 Å². The van der Waals surface area contributed by atoms with Crippen LogP contribution in [0.3, 0.4) is 0 Å². The van der Waals surface area contributed by atoms with Gasteiger partial charge in [-0.25, -0.2) is 0 Å². The van der Waals surface area contributed by atoms with E-state index in [9.17, 15) is 9.59 Å². The number of hydrogen-bond donors (Lipinski definition) is 2. The zero-order chi connectivity index (χ0) is 15.2. The van der Waals surface area contributed by atoms with Crippen molar-refractivity contribution in [2.45, 2.75) is 51.0 Å². The van der Waals surface area contributed by atoms with E-state index in [4.69, 9.17) is 0 Å². The SMILES string of the molecule is CN(C)CCCNC(=O)C1CC1C(=O)NC1CCCCC1. The van der Waals surface area contributed by atoms with Gasteiger partial charge in [0, 0.05) is 12.6 Å². The fraction of sp³-hybridized carbons (Fsp3) is 0.875. The molecule has 5 nitrogen and oxygen atoms in total. The molecule has 0 aliphatic heterocycles. The fourth-order valence-electron chi connectivity index (χ4n) is 3.07. The number of carbonyl (C=O) groups is 2. The summed E-state index contributed by atoms with van der Waals surface area (Å²) in [7, 11) is 4.04. The average molecular weight is 295 g/mol. The third-order valence-electron chi connectivity index (χ3n) is 4.50. The van der Waals surface area contributed by atoms with Gasteiger partial charge in [0.15, 0.2) is 0 Å². The molecule has 0 heterocycles. The minimum absolute atomic E-state index is 0.0533. The monoisotopic (exact) mass is 295 g/mol. The van der Waals surface area contributed by atoms with Crippen molar-refractivity contribution >= 4 is 11.8 Å². The number of carbonyl (C=O) groups excluding carboxylic acids is 2. The molecular weight excluding hydrogens is 266 g/mol. The molecule has 2 atom stereocenters. The highest BCUT2D eigenvalue weighted by molar-refractivity contribution is 5.92. The lowest BCUT2D eigenvalue weighted by Gasteiger charge is -2.22. The summed E-state index contributed by atoms with van der Waals surface area (Å²) >= 11 is 0. The summed E-state index contributed by atoms with van der Waals surface area (Å²) in [5, 5.41) is 6.07. The minimum atomic E-state index is -0.0899. The lowest BCUT2D eigenvalue weighted by molar-refractivity contribution is -0.127. The van der Waals surface area contributed by atoms with Crippen molar-refractivity contribution in [3.05, 3.63) is 0 Å². The molecule has 0 saturated heterocycles. The van der Waals surface area contributed by atoms with E-state index in [0.717, 1.165) is 32.2 Å². The fourth-order valence-corrected chi connectivity index (χ4v) is 3.07. The average Bonchev–Trinajstić information content (AvgIpc) is 3.25. The first-order chi connectivity index (χ1) is 10.1. The Morgan fingerprint density at radius 2 is 1.71 bits per heavy atom. The van der Waals surface area contributed by atoms with Gasteiger partial charge >= 0.3 is 0 Å². The Hall–Kier alpha value is -1.10. The van der Waals surface area contributed by atoms with Gasteiger partial charge in [-0.15, -0.1) is 0 Å². The van der Waals surface area contributed by atoms with Gasteiger partial charge in [0.25, 0.3) is 0 Å². The summed E-state index contributed by atoms with van der Waals surface area (Å²) in [5.41, 5.74) is 0. The zero-order valence-corrected chi connectivity index (χ0v) is 13.4. The molecule has 0 aromatic rings. The van der Waals surface area contributed by atoms with Gasteiger partial charge < -0.3 is 15.5 Å². The van der Waals surface area contributed by atoms with Crippen molar-refractivity contribution in [2.75, 3.05) is 27.2 Å². The largest absolute Gasteiger partial charge is 0.356 e. The van der Waals surface area contributed by atoms with Crippen molar-refractivity contribution in [1.82, 2.24) is 15.5 Å². The van der Waals surface area contributed by atoms with E-state index in [1.165, 1.54) is 19.3 Å². The molecule has 0 aromatic heterocycles. The van der Waals surface area contributed by atoms with Crippen LogP contribution in [0, 0.1) is 11.8 Å². The van der Waals surface area contributed by atoms with Crippen LogP contribution in [0.5, 0.6) is 0 Å². The molecule has 2 amide bonds. The van der Waals surface area contributed by atoms with Crippen LogP contribution in [0.2, 0.25) is 0 Å². The van der Waals surface area contributed by atoms with Gasteiger partial charge in [-0.05, 0) is 46.3 Å². The van der Waals surface area contributed by atoms with Crippen molar-refractivity contribution < 1.29 is 9.59 Å². The van der Waals surface area contributed by atoms with Crippen LogP contribution in [0.15, 0.2) is 0 Å². The Kier molecular flexibility index (Phi) is 6.03. The summed E-state index contributed by atoms with van der Waals surface area (Å²) in [5.74, 6) is -0.0263. The second kappa shape index (κ2) is 7.78. The third-order valence-corrected chi connectivity index (χ3v) is 4.50. The van der Waals surface area contributed by atoms with Gasteiger partial charge in [0.2, 0.25) is 11.8 Å². The third kappa shape index (κ3) is 5.30. The maximum atomic E-state index is 12.1. The Labute approximate surface area is 127 Å². The minimum Gasteiger partial charge on any atom is -0.356 e. The summed E-state index contributed by atoms with van der Waals surface area (Å²) in [4.78, 5) is 26.2. The van der Waals surface area contributed by atoms with E-state index in [1.807, 2.05) is 14.1 Å². The normalized spacial score (nSPS) is 25.7. The zero-order valence-electron chi connectivity index (χ0n) is 13.4.